The molecule has 1 fully saturated rings. The van der Waals surface area contributed by atoms with Gasteiger partial charge in [-0.25, -0.2) is 0 Å². The largest absolute Gasteiger partial charge is 0.482 e. The summed E-state index contributed by atoms with van der Waals surface area (Å²) < 4.78 is 5.50. The Bertz CT molecular complexity index is 541. The van der Waals surface area contributed by atoms with Crippen molar-refractivity contribution in [2.75, 3.05) is 24.6 Å². The third kappa shape index (κ3) is 2.96. The van der Waals surface area contributed by atoms with Gasteiger partial charge < -0.3 is 20.1 Å². The van der Waals surface area contributed by atoms with Crippen LogP contribution >= 0.6 is 0 Å². The molecule has 0 aliphatic carbocycles. The van der Waals surface area contributed by atoms with Gasteiger partial charge in [-0.3, -0.25) is 4.79 Å². The SMILES string of the molecule is CCCN1C(=O)COc2ccc(C(O)C3CCCCN3)cc21. The number of fused-ring (bicyclic) bond motifs is 1. The number of carbonyl (C=O) groups excluding carboxylic acids is 1. The topological polar surface area (TPSA) is 61.8 Å². The van der Waals surface area contributed by atoms with Gasteiger partial charge in [-0.1, -0.05) is 19.4 Å². The Hall–Kier alpha value is -1.59. The van der Waals surface area contributed by atoms with Gasteiger partial charge in [0.2, 0.25) is 0 Å². The van der Waals surface area contributed by atoms with Crippen molar-refractivity contribution in [1.29, 1.82) is 0 Å². The molecule has 2 heterocycles. The summed E-state index contributed by atoms with van der Waals surface area (Å²) in [6.07, 6.45) is 3.63. The quantitative estimate of drug-likeness (QED) is 0.893. The molecule has 2 aliphatic heterocycles. The lowest BCUT2D eigenvalue weighted by Crippen LogP contribution is -2.40. The van der Waals surface area contributed by atoms with Crippen molar-refractivity contribution < 1.29 is 14.6 Å². The van der Waals surface area contributed by atoms with Crippen molar-refractivity contribution in [2.24, 2.45) is 0 Å². The minimum absolute atomic E-state index is 0.0169. The predicted octanol–water partition coefficient (Wildman–Crippen LogP) is 2.00. The van der Waals surface area contributed by atoms with Crippen LogP contribution in [0.2, 0.25) is 0 Å². The lowest BCUT2D eigenvalue weighted by atomic mass is 9.94. The monoisotopic (exact) mass is 304 g/mol. The van der Waals surface area contributed by atoms with E-state index in [0.717, 1.165) is 42.8 Å². The summed E-state index contributed by atoms with van der Waals surface area (Å²) in [6, 6.07) is 5.76. The van der Waals surface area contributed by atoms with Crippen molar-refractivity contribution in [2.45, 2.75) is 44.8 Å². The molecular formula is C17H24N2O3. The highest BCUT2D eigenvalue weighted by Crippen LogP contribution is 2.35. The summed E-state index contributed by atoms with van der Waals surface area (Å²) in [4.78, 5) is 13.8. The lowest BCUT2D eigenvalue weighted by molar-refractivity contribution is -0.121. The first-order chi connectivity index (χ1) is 10.7. The maximum atomic E-state index is 12.1. The maximum absolute atomic E-state index is 12.1. The molecule has 22 heavy (non-hydrogen) atoms. The van der Waals surface area contributed by atoms with Crippen LogP contribution in [0.1, 0.15) is 44.3 Å². The number of aliphatic hydroxyl groups excluding tert-OH is 1. The molecule has 1 aromatic rings. The molecule has 0 spiro atoms. The van der Waals surface area contributed by atoms with Crippen LogP contribution < -0.4 is 15.0 Å². The van der Waals surface area contributed by atoms with E-state index < -0.39 is 6.10 Å². The van der Waals surface area contributed by atoms with Crippen LogP contribution in [0, 0.1) is 0 Å². The Morgan fingerprint density at radius 2 is 2.32 bits per heavy atom. The Morgan fingerprint density at radius 1 is 1.45 bits per heavy atom. The van der Waals surface area contributed by atoms with E-state index in [0.29, 0.717) is 6.54 Å². The summed E-state index contributed by atoms with van der Waals surface area (Å²) in [5.74, 6) is 0.706. The number of anilines is 1. The van der Waals surface area contributed by atoms with Crippen LogP contribution in [-0.2, 0) is 4.79 Å². The maximum Gasteiger partial charge on any atom is 0.265 e. The summed E-state index contributed by atoms with van der Waals surface area (Å²) >= 11 is 0. The predicted molar refractivity (Wildman–Crippen MR) is 85.2 cm³/mol. The zero-order valence-corrected chi connectivity index (χ0v) is 13.0. The number of piperidine rings is 1. The summed E-state index contributed by atoms with van der Waals surface area (Å²) in [6.45, 7) is 3.78. The fourth-order valence-corrected chi connectivity index (χ4v) is 3.25. The number of nitrogens with one attached hydrogen (secondary N) is 1. The third-order valence-corrected chi connectivity index (χ3v) is 4.44. The van der Waals surface area contributed by atoms with E-state index in [2.05, 4.69) is 5.32 Å². The molecule has 1 amide bonds. The number of nitrogens with zero attached hydrogens (tertiary/aromatic N) is 1. The fraction of sp³-hybridized carbons (Fsp3) is 0.588. The van der Waals surface area contributed by atoms with Crippen LogP contribution in [0.25, 0.3) is 0 Å². The molecule has 2 unspecified atom stereocenters. The van der Waals surface area contributed by atoms with Crippen molar-refractivity contribution in [3.63, 3.8) is 0 Å². The minimum Gasteiger partial charge on any atom is -0.482 e. The van der Waals surface area contributed by atoms with Gasteiger partial charge in [0.1, 0.15) is 5.75 Å². The molecule has 2 N–H and O–H groups in total. The van der Waals surface area contributed by atoms with E-state index in [1.165, 1.54) is 6.42 Å². The molecular weight excluding hydrogens is 280 g/mol. The molecule has 5 heteroatoms. The number of hydrogen-bond acceptors (Lipinski definition) is 4. The van der Waals surface area contributed by atoms with Gasteiger partial charge in [0.15, 0.2) is 6.61 Å². The number of aliphatic hydroxyl groups is 1. The highest BCUT2D eigenvalue weighted by Gasteiger charge is 2.28. The van der Waals surface area contributed by atoms with E-state index in [4.69, 9.17) is 4.74 Å². The van der Waals surface area contributed by atoms with E-state index in [1.54, 1.807) is 4.90 Å². The van der Waals surface area contributed by atoms with Crippen molar-refractivity contribution in [1.82, 2.24) is 5.32 Å². The highest BCUT2D eigenvalue weighted by atomic mass is 16.5. The van der Waals surface area contributed by atoms with E-state index >= 15 is 0 Å². The zero-order valence-electron chi connectivity index (χ0n) is 13.0. The van der Waals surface area contributed by atoms with Crippen LogP contribution in [0.15, 0.2) is 18.2 Å². The number of amides is 1. The van der Waals surface area contributed by atoms with Gasteiger partial charge in [-0.05, 0) is 43.5 Å². The average molecular weight is 304 g/mol. The Morgan fingerprint density at radius 3 is 3.05 bits per heavy atom. The first-order valence-electron chi connectivity index (χ1n) is 8.19. The number of benzene rings is 1. The average Bonchev–Trinajstić information content (AvgIpc) is 2.57. The lowest BCUT2D eigenvalue weighted by Gasteiger charge is -2.32. The van der Waals surface area contributed by atoms with Crippen LogP contribution in [-0.4, -0.2) is 36.8 Å². The number of ether oxygens (including phenoxy) is 1. The minimum atomic E-state index is -0.550. The van der Waals surface area contributed by atoms with E-state index in [1.807, 2.05) is 25.1 Å². The van der Waals surface area contributed by atoms with Crippen LogP contribution in [0.3, 0.4) is 0 Å². The Kier molecular flexibility index (Phi) is 4.64. The summed E-state index contributed by atoms with van der Waals surface area (Å²) in [5.41, 5.74) is 1.63. The summed E-state index contributed by atoms with van der Waals surface area (Å²) in [7, 11) is 0. The molecule has 3 rings (SSSR count). The molecule has 0 aromatic heterocycles. The van der Waals surface area contributed by atoms with Gasteiger partial charge in [0.05, 0.1) is 11.8 Å². The van der Waals surface area contributed by atoms with Crippen molar-refractivity contribution in [3.8, 4) is 5.75 Å². The standard InChI is InChI=1S/C17H24N2O3/c1-2-9-19-14-10-12(6-7-15(14)22-11-16(19)20)17(21)13-5-3-4-8-18-13/h6-7,10,13,17-18,21H,2-5,8-9,11H2,1H3. The van der Waals surface area contributed by atoms with Gasteiger partial charge in [-0.2, -0.15) is 0 Å². The van der Waals surface area contributed by atoms with Gasteiger partial charge in [0.25, 0.3) is 5.91 Å². The summed E-state index contributed by atoms with van der Waals surface area (Å²) in [5, 5.41) is 14.0. The van der Waals surface area contributed by atoms with E-state index in [9.17, 15) is 9.90 Å². The second-order valence-corrected chi connectivity index (χ2v) is 6.06. The third-order valence-electron chi connectivity index (χ3n) is 4.44. The number of rotatable bonds is 4. The van der Waals surface area contributed by atoms with Crippen LogP contribution in [0.5, 0.6) is 5.75 Å². The van der Waals surface area contributed by atoms with E-state index in [-0.39, 0.29) is 18.6 Å². The molecule has 1 aromatic carbocycles. The fourth-order valence-electron chi connectivity index (χ4n) is 3.25. The number of carbonyl (C=O) groups is 1. The van der Waals surface area contributed by atoms with Crippen LogP contribution in [0.4, 0.5) is 5.69 Å². The molecule has 0 bridgehead atoms. The molecule has 0 saturated carbocycles. The smallest absolute Gasteiger partial charge is 0.265 e. The van der Waals surface area contributed by atoms with Gasteiger partial charge >= 0.3 is 0 Å². The molecule has 120 valence electrons. The normalized spacial score (nSPS) is 22.9. The second kappa shape index (κ2) is 6.67. The van der Waals surface area contributed by atoms with Crippen molar-refractivity contribution in [3.05, 3.63) is 23.8 Å². The number of hydrogen-bond donors (Lipinski definition) is 2. The zero-order chi connectivity index (χ0) is 15.5. The molecule has 2 atom stereocenters. The highest BCUT2D eigenvalue weighted by molar-refractivity contribution is 5.97. The second-order valence-electron chi connectivity index (χ2n) is 6.06. The molecule has 2 aliphatic rings. The van der Waals surface area contributed by atoms with Gasteiger partial charge in [0, 0.05) is 12.6 Å². The molecule has 1 saturated heterocycles. The van der Waals surface area contributed by atoms with Gasteiger partial charge in [-0.15, -0.1) is 0 Å². The first kappa shape index (κ1) is 15.3. The Labute approximate surface area is 131 Å². The molecule has 0 radical (unpaired) electrons. The molecule has 5 nitrogen and oxygen atoms in total. The Balaban J connectivity index is 1.86. The first-order valence-corrected chi connectivity index (χ1v) is 8.19. The van der Waals surface area contributed by atoms with Crippen molar-refractivity contribution >= 4 is 11.6 Å².